The highest BCUT2D eigenvalue weighted by Gasteiger charge is 2.38. The molecule has 1 aliphatic carbocycles. The molecule has 15 heteroatoms. The van der Waals surface area contributed by atoms with Gasteiger partial charge in [0.15, 0.2) is 11.5 Å². The predicted molar refractivity (Wildman–Crippen MR) is 130 cm³/mol. The van der Waals surface area contributed by atoms with Crippen molar-refractivity contribution in [3.05, 3.63) is 35.4 Å². The van der Waals surface area contributed by atoms with E-state index < -0.39 is 21.4 Å². The molecule has 2 unspecified atom stereocenters. The van der Waals surface area contributed by atoms with Crippen molar-refractivity contribution in [1.82, 2.24) is 34.7 Å². The van der Waals surface area contributed by atoms with Crippen LogP contribution in [0.15, 0.2) is 18.7 Å². The fourth-order valence-corrected chi connectivity index (χ4v) is 5.30. The number of methoxy groups -OCH3 is 3. The van der Waals surface area contributed by atoms with Crippen molar-refractivity contribution in [3.8, 4) is 17.4 Å². The fourth-order valence-electron chi connectivity index (χ4n) is 4.07. The lowest BCUT2D eigenvalue weighted by Gasteiger charge is -2.33. The Morgan fingerprint density at radius 2 is 1.69 bits per heavy atom. The summed E-state index contributed by atoms with van der Waals surface area (Å²) < 4.78 is 47.5. The number of nitrogens with one attached hydrogen (secondary N) is 1. The molecule has 0 amide bonds. The van der Waals surface area contributed by atoms with Crippen LogP contribution >= 0.6 is 11.6 Å². The van der Waals surface area contributed by atoms with Crippen LogP contribution in [0.2, 0.25) is 5.02 Å². The molecule has 1 fully saturated rings. The molecule has 13 nitrogen and oxygen atoms in total. The van der Waals surface area contributed by atoms with E-state index in [0.29, 0.717) is 16.8 Å². The molecule has 0 aromatic carbocycles. The highest BCUT2D eigenvalue weighted by atomic mass is 35.5. The Morgan fingerprint density at radius 1 is 1.06 bits per heavy atom. The first-order valence-corrected chi connectivity index (χ1v) is 13.0. The first-order chi connectivity index (χ1) is 17.2. The number of halogens is 1. The van der Waals surface area contributed by atoms with Crippen LogP contribution in [0.1, 0.15) is 50.4 Å². The summed E-state index contributed by atoms with van der Waals surface area (Å²) >= 11 is 5.87. The predicted octanol–water partition coefficient (Wildman–Crippen LogP) is 2.55. The van der Waals surface area contributed by atoms with Crippen molar-refractivity contribution < 1.29 is 22.6 Å². The van der Waals surface area contributed by atoms with Crippen LogP contribution in [0.25, 0.3) is 5.69 Å². The molecule has 0 saturated heterocycles. The second-order valence-electron chi connectivity index (χ2n) is 8.39. The molecule has 3 aromatic rings. The van der Waals surface area contributed by atoms with E-state index >= 15 is 0 Å². The summed E-state index contributed by atoms with van der Waals surface area (Å²) in [5.74, 6) is 1.39. The molecule has 1 aliphatic rings. The molecule has 0 aliphatic heterocycles. The topological polar surface area (TPSA) is 156 Å². The fraction of sp³-hybridized carbons (Fsp3) is 0.524. The second kappa shape index (κ2) is 10.5. The van der Waals surface area contributed by atoms with E-state index in [1.807, 2.05) is 0 Å². The normalized spacial score (nSPS) is 19.3. The van der Waals surface area contributed by atoms with Gasteiger partial charge in [-0.2, -0.15) is 9.97 Å². The minimum absolute atomic E-state index is 0.0528. The molecule has 0 spiro atoms. The van der Waals surface area contributed by atoms with E-state index in [-0.39, 0.29) is 35.1 Å². The Morgan fingerprint density at radius 3 is 2.19 bits per heavy atom. The molecule has 0 bridgehead atoms. The van der Waals surface area contributed by atoms with Crippen molar-refractivity contribution >= 4 is 27.6 Å². The van der Waals surface area contributed by atoms with Crippen molar-refractivity contribution in [1.29, 1.82) is 0 Å². The Labute approximate surface area is 213 Å². The lowest BCUT2D eigenvalue weighted by molar-refractivity contribution is 0.0950. The summed E-state index contributed by atoms with van der Waals surface area (Å²) in [6, 6.07) is 0. The van der Waals surface area contributed by atoms with Gasteiger partial charge in [-0.1, -0.05) is 18.5 Å². The molecule has 0 radical (unpaired) electrons. The average Bonchev–Trinajstić information content (AvgIpc) is 3.24. The summed E-state index contributed by atoms with van der Waals surface area (Å²) in [4.78, 5) is 16.6. The zero-order valence-corrected chi connectivity index (χ0v) is 22.0. The minimum Gasteiger partial charge on any atom is -0.479 e. The molecule has 36 heavy (non-hydrogen) atoms. The van der Waals surface area contributed by atoms with E-state index in [9.17, 15) is 8.42 Å². The number of nitrogens with zero attached hydrogens (tertiary/aromatic N) is 7. The van der Waals surface area contributed by atoms with Gasteiger partial charge in [0.25, 0.3) is 0 Å². The zero-order valence-electron chi connectivity index (χ0n) is 20.4. The van der Waals surface area contributed by atoms with Gasteiger partial charge in [-0.3, -0.25) is 9.29 Å². The van der Waals surface area contributed by atoms with Gasteiger partial charge in [-0.15, -0.1) is 10.2 Å². The van der Waals surface area contributed by atoms with E-state index in [2.05, 4.69) is 41.8 Å². The Bertz CT molecular complexity index is 1300. The molecular weight excluding hydrogens is 512 g/mol. The van der Waals surface area contributed by atoms with Crippen LogP contribution in [-0.4, -0.2) is 69.7 Å². The highest BCUT2D eigenvalue weighted by Crippen LogP contribution is 2.44. The smallest absolute Gasteiger partial charge is 0.245 e. The Balaban J connectivity index is 1.78. The molecule has 1 N–H and O–H groups in total. The molecule has 194 valence electrons. The molecular formula is C21H27ClN8O5S. The Kier molecular flexibility index (Phi) is 7.57. The quantitative estimate of drug-likeness (QED) is 0.404. The lowest BCUT2D eigenvalue weighted by atomic mass is 9.74. The number of hydrogen-bond donors (Lipinski definition) is 1. The monoisotopic (exact) mass is 538 g/mol. The van der Waals surface area contributed by atoms with Gasteiger partial charge in [-0.05, 0) is 25.7 Å². The van der Waals surface area contributed by atoms with Crippen molar-refractivity contribution in [2.75, 3.05) is 26.1 Å². The summed E-state index contributed by atoms with van der Waals surface area (Å²) in [6.07, 6.45) is 4.95. The van der Waals surface area contributed by atoms with Crippen LogP contribution in [-0.2, 0) is 14.8 Å². The van der Waals surface area contributed by atoms with Crippen LogP contribution < -0.4 is 14.2 Å². The maximum atomic E-state index is 13.5. The summed E-state index contributed by atoms with van der Waals surface area (Å²) in [5.41, 5.74) is 0.288. The standard InChI is InChI=1S/C21H27ClN8O5S/c1-11-6-7-14(11)18-27-28-21(30(18)15-19(34-4)25-10-26-20(15)35-5)29-36(31,32)12(2)16(33-3)17-23-8-13(22)9-24-17/h8-12,14,16H,6-7H2,1-5H3,(H,28,29)/t11-,12?,14-,16?/m1/s1. The summed E-state index contributed by atoms with van der Waals surface area (Å²) in [7, 11) is 0.172. The zero-order chi connectivity index (χ0) is 26.0. The molecule has 3 heterocycles. The van der Waals surface area contributed by atoms with Gasteiger partial charge < -0.3 is 14.2 Å². The van der Waals surface area contributed by atoms with Gasteiger partial charge in [0.2, 0.25) is 27.7 Å². The largest absolute Gasteiger partial charge is 0.479 e. The summed E-state index contributed by atoms with van der Waals surface area (Å²) in [5, 5.41) is 7.73. The molecule has 4 rings (SSSR count). The van der Waals surface area contributed by atoms with Crippen LogP contribution in [0.4, 0.5) is 5.95 Å². The number of anilines is 1. The average molecular weight is 539 g/mol. The number of ether oxygens (including phenoxy) is 3. The minimum atomic E-state index is -4.10. The lowest BCUT2D eigenvalue weighted by Crippen LogP contribution is -2.33. The number of rotatable bonds is 10. The third-order valence-corrected chi connectivity index (χ3v) is 8.19. The van der Waals surface area contributed by atoms with Crippen LogP contribution in [0.5, 0.6) is 11.8 Å². The van der Waals surface area contributed by atoms with E-state index in [1.54, 1.807) is 4.57 Å². The van der Waals surface area contributed by atoms with Gasteiger partial charge in [0.05, 0.1) is 19.2 Å². The van der Waals surface area contributed by atoms with Crippen LogP contribution in [0, 0.1) is 5.92 Å². The van der Waals surface area contributed by atoms with Crippen LogP contribution in [0.3, 0.4) is 0 Å². The van der Waals surface area contributed by atoms with Gasteiger partial charge in [-0.25, -0.2) is 18.4 Å². The third-order valence-electron chi connectivity index (χ3n) is 6.30. The van der Waals surface area contributed by atoms with Crippen molar-refractivity contribution in [2.45, 2.75) is 44.0 Å². The maximum absolute atomic E-state index is 13.5. The SMILES string of the molecule is COc1ncnc(OC)c1-n1c(NS(=O)(=O)C(C)C(OC)c2ncc(Cl)cn2)nnc1[C@@H]1CC[C@H]1C. The third kappa shape index (κ3) is 4.80. The Hall–Kier alpha value is -3.10. The molecule has 4 atom stereocenters. The first-order valence-electron chi connectivity index (χ1n) is 11.1. The van der Waals surface area contributed by atoms with Gasteiger partial charge >= 0.3 is 0 Å². The molecule has 3 aromatic heterocycles. The number of sulfonamides is 1. The highest BCUT2D eigenvalue weighted by molar-refractivity contribution is 7.93. The second-order valence-corrected chi connectivity index (χ2v) is 10.9. The maximum Gasteiger partial charge on any atom is 0.245 e. The number of hydrogen-bond acceptors (Lipinski definition) is 11. The van der Waals surface area contributed by atoms with E-state index in [1.165, 1.54) is 47.0 Å². The van der Waals surface area contributed by atoms with Gasteiger partial charge in [0.1, 0.15) is 23.5 Å². The van der Waals surface area contributed by atoms with Gasteiger partial charge in [0, 0.05) is 25.4 Å². The molecule has 1 saturated carbocycles. The summed E-state index contributed by atoms with van der Waals surface area (Å²) in [6.45, 7) is 3.58. The number of aromatic nitrogens is 7. The van der Waals surface area contributed by atoms with Crippen molar-refractivity contribution in [3.63, 3.8) is 0 Å². The van der Waals surface area contributed by atoms with Crippen molar-refractivity contribution in [2.24, 2.45) is 5.92 Å². The first kappa shape index (κ1) is 26.0. The van der Waals surface area contributed by atoms with E-state index in [0.717, 1.165) is 12.8 Å². The van der Waals surface area contributed by atoms with E-state index in [4.69, 9.17) is 25.8 Å².